The number of carboxylic acids is 1. The van der Waals surface area contributed by atoms with E-state index >= 15 is 0 Å². The molecule has 0 aliphatic carbocycles. The lowest BCUT2D eigenvalue weighted by Gasteiger charge is -2.24. The standard InChI is InChI=1S/C12H18N2O4S/c1-8(15)13-10(6-9-4-3-5-19-9)12(18)14(2)7-11(16)17/h3,5,9-10H,4,6-7H2,1-2H3,(H,13,15)(H,16,17)/t9?,10-/m0/s1. The van der Waals surface area contributed by atoms with Gasteiger partial charge in [0, 0.05) is 19.2 Å². The van der Waals surface area contributed by atoms with E-state index in [0.717, 1.165) is 11.3 Å². The summed E-state index contributed by atoms with van der Waals surface area (Å²) in [6, 6.07) is -0.667. The van der Waals surface area contributed by atoms with Crippen molar-refractivity contribution in [2.45, 2.75) is 31.1 Å². The van der Waals surface area contributed by atoms with Gasteiger partial charge in [-0.3, -0.25) is 14.4 Å². The van der Waals surface area contributed by atoms with Crippen LogP contribution in [-0.2, 0) is 14.4 Å². The lowest BCUT2D eigenvalue weighted by Crippen LogP contribution is -2.49. The van der Waals surface area contributed by atoms with Gasteiger partial charge >= 0.3 is 5.97 Å². The number of thioether (sulfide) groups is 1. The van der Waals surface area contributed by atoms with E-state index in [1.54, 1.807) is 11.8 Å². The van der Waals surface area contributed by atoms with Gasteiger partial charge in [-0.2, -0.15) is 0 Å². The monoisotopic (exact) mass is 286 g/mol. The third-order valence-corrected chi connectivity index (χ3v) is 3.81. The first-order valence-corrected chi connectivity index (χ1v) is 6.88. The molecule has 106 valence electrons. The molecule has 1 unspecified atom stereocenters. The van der Waals surface area contributed by atoms with Crippen LogP contribution in [0.1, 0.15) is 19.8 Å². The average Bonchev–Trinajstić information content (AvgIpc) is 2.78. The van der Waals surface area contributed by atoms with Crippen LogP contribution in [0, 0.1) is 0 Å². The molecule has 0 saturated carbocycles. The molecular formula is C12H18N2O4S. The second-order valence-electron chi connectivity index (χ2n) is 4.44. The fraction of sp³-hybridized carbons (Fsp3) is 0.583. The summed E-state index contributed by atoms with van der Waals surface area (Å²) in [6.07, 6.45) is 3.38. The van der Waals surface area contributed by atoms with Crippen molar-refractivity contribution < 1.29 is 19.5 Å². The maximum absolute atomic E-state index is 12.1. The number of nitrogens with zero attached hydrogens (tertiary/aromatic N) is 1. The molecule has 1 rings (SSSR count). The molecule has 0 spiro atoms. The highest BCUT2D eigenvalue weighted by Crippen LogP contribution is 2.27. The number of carbonyl (C=O) groups excluding carboxylic acids is 2. The molecule has 0 saturated heterocycles. The molecule has 2 N–H and O–H groups in total. The number of hydrogen-bond acceptors (Lipinski definition) is 4. The summed E-state index contributed by atoms with van der Waals surface area (Å²) in [6.45, 7) is 0.975. The minimum atomic E-state index is -1.07. The molecule has 0 fully saturated rings. The van der Waals surface area contributed by atoms with Crippen LogP contribution in [0.15, 0.2) is 11.5 Å². The zero-order valence-corrected chi connectivity index (χ0v) is 11.8. The van der Waals surface area contributed by atoms with Crippen LogP contribution >= 0.6 is 11.8 Å². The first-order chi connectivity index (χ1) is 8.90. The molecule has 1 aliphatic heterocycles. The average molecular weight is 286 g/mol. The van der Waals surface area contributed by atoms with E-state index in [4.69, 9.17) is 5.11 Å². The predicted molar refractivity (Wildman–Crippen MR) is 72.6 cm³/mol. The molecule has 2 amide bonds. The van der Waals surface area contributed by atoms with Crippen LogP contribution in [0.5, 0.6) is 0 Å². The molecular weight excluding hydrogens is 268 g/mol. The number of carboxylic acid groups (broad SMARTS) is 1. The Labute approximate surface area is 116 Å². The number of amides is 2. The zero-order valence-electron chi connectivity index (χ0n) is 11.0. The maximum Gasteiger partial charge on any atom is 0.323 e. The highest BCUT2D eigenvalue weighted by Gasteiger charge is 2.27. The van der Waals surface area contributed by atoms with Crippen molar-refractivity contribution in [3.63, 3.8) is 0 Å². The molecule has 1 aliphatic rings. The number of allylic oxidation sites excluding steroid dienone is 1. The number of hydrogen-bond donors (Lipinski definition) is 2. The summed E-state index contributed by atoms with van der Waals surface area (Å²) >= 11 is 1.62. The van der Waals surface area contributed by atoms with Crippen molar-refractivity contribution in [2.24, 2.45) is 0 Å². The Morgan fingerprint density at radius 1 is 1.53 bits per heavy atom. The van der Waals surface area contributed by atoms with E-state index in [1.807, 2.05) is 11.5 Å². The maximum atomic E-state index is 12.1. The van der Waals surface area contributed by atoms with E-state index in [1.165, 1.54) is 14.0 Å². The second kappa shape index (κ2) is 7.18. The minimum Gasteiger partial charge on any atom is -0.480 e. The summed E-state index contributed by atoms with van der Waals surface area (Å²) in [7, 11) is 1.42. The largest absolute Gasteiger partial charge is 0.480 e. The number of aliphatic carboxylic acids is 1. The van der Waals surface area contributed by atoms with Crippen molar-refractivity contribution >= 4 is 29.5 Å². The summed E-state index contributed by atoms with van der Waals surface area (Å²) in [5, 5.41) is 13.5. The Hall–Kier alpha value is -1.50. The van der Waals surface area contributed by atoms with E-state index in [2.05, 4.69) is 5.32 Å². The van der Waals surface area contributed by atoms with Gasteiger partial charge in [0.15, 0.2) is 0 Å². The Morgan fingerprint density at radius 3 is 2.68 bits per heavy atom. The van der Waals surface area contributed by atoms with Crippen molar-refractivity contribution in [1.29, 1.82) is 0 Å². The highest BCUT2D eigenvalue weighted by molar-refractivity contribution is 8.03. The Balaban J connectivity index is 2.63. The van der Waals surface area contributed by atoms with Gasteiger partial charge in [0.25, 0.3) is 0 Å². The Kier molecular flexibility index (Phi) is 5.88. The van der Waals surface area contributed by atoms with Crippen LogP contribution < -0.4 is 5.32 Å². The van der Waals surface area contributed by atoms with Crippen LogP contribution in [-0.4, -0.2) is 52.7 Å². The van der Waals surface area contributed by atoms with Gasteiger partial charge in [0.2, 0.25) is 11.8 Å². The van der Waals surface area contributed by atoms with E-state index < -0.39 is 12.0 Å². The third-order valence-electron chi connectivity index (χ3n) is 2.69. The second-order valence-corrected chi connectivity index (χ2v) is 5.65. The molecule has 0 radical (unpaired) electrons. The molecule has 0 aromatic rings. The molecule has 2 atom stereocenters. The van der Waals surface area contributed by atoms with Crippen LogP contribution in [0.25, 0.3) is 0 Å². The van der Waals surface area contributed by atoms with Crippen molar-refractivity contribution in [1.82, 2.24) is 10.2 Å². The van der Waals surface area contributed by atoms with Crippen molar-refractivity contribution in [3.8, 4) is 0 Å². The topological polar surface area (TPSA) is 86.7 Å². The molecule has 1 heterocycles. The summed E-state index contributed by atoms with van der Waals surface area (Å²) in [5.41, 5.74) is 0. The quantitative estimate of drug-likeness (QED) is 0.740. The van der Waals surface area contributed by atoms with Gasteiger partial charge in [-0.25, -0.2) is 0 Å². The van der Waals surface area contributed by atoms with Gasteiger partial charge in [-0.15, -0.1) is 11.8 Å². The predicted octanol–water partition coefficient (Wildman–Crippen LogP) is 0.443. The van der Waals surface area contributed by atoms with Crippen LogP contribution in [0.4, 0.5) is 0 Å². The molecule has 7 heteroatoms. The van der Waals surface area contributed by atoms with E-state index in [9.17, 15) is 14.4 Å². The van der Waals surface area contributed by atoms with E-state index in [0.29, 0.717) is 6.42 Å². The smallest absolute Gasteiger partial charge is 0.323 e. The fourth-order valence-electron chi connectivity index (χ4n) is 1.86. The first kappa shape index (κ1) is 15.6. The normalized spacial score (nSPS) is 18.9. The van der Waals surface area contributed by atoms with Gasteiger partial charge in [-0.05, 0) is 18.2 Å². The summed E-state index contributed by atoms with van der Waals surface area (Å²) in [5.74, 6) is -1.74. The number of nitrogens with one attached hydrogen (secondary N) is 1. The SMILES string of the molecule is CC(=O)N[C@@H](CC1CC=CS1)C(=O)N(C)CC(=O)O. The van der Waals surface area contributed by atoms with Crippen LogP contribution in [0.3, 0.4) is 0 Å². The molecule has 19 heavy (non-hydrogen) atoms. The highest BCUT2D eigenvalue weighted by atomic mass is 32.2. The lowest BCUT2D eigenvalue weighted by molar-refractivity contribution is -0.144. The Morgan fingerprint density at radius 2 is 2.21 bits per heavy atom. The molecule has 0 aromatic heterocycles. The third kappa shape index (κ3) is 5.34. The minimum absolute atomic E-state index is 0.249. The summed E-state index contributed by atoms with van der Waals surface area (Å²) < 4.78 is 0. The van der Waals surface area contributed by atoms with Gasteiger partial charge in [-0.1, -0.05) is 6.08 Å². The van der Waals surface area contributed by atoms with Gasteiger partial charge in [0.1, 0.15) is 12.6 Å². The van der Waals surface area contributed by atoms with E-state index in [-0.39, 0.29) is 23.6 Å². The van der Waals surface area contributed by atoms with Crippen molar-refractivity contribution in [3.05, 3.63) is 11.5 Å². The molecule has 6 nitrogen and oxygen atoms in total. The zero-order chi connectivity index (χ0) is 14.4. The number of rotatable bonds is 6. The lowest BCUT2D eigenvalue weighted by atomic mass is 10.1. The fourth-order valence-corrected chi connectivity index (χ4v) is 2.83. The number of carbonyl (C=O) groups is 3. The molecule has 0 bridgehead atoms. The molecule has 0 aromatic carbocycles. The Bertz CT molecular complexity index is 389. The first-order valence-electron chi connectivity index (χ1n) is 5.94. The number of likely N-dealkylation sites (N-methyl/N-ethyl adjacent to an activating group) is 1. The van der Waals surface area contributed by atoms with Gasteiger partial charge in [0.05, 0.1) is 0 Å². The van der Waals surface area contributed by atoms with Crippen molar-refractivity contribution in [2.75, 3.05) is 13.6 Å². The summed E-state index contributed by atoms with van der Waals surface area (Å²) in [4.78, 5) is 35.0. The van der Waals surface area contributed by atoms with Crippen LogP contribution in [0.2, 0.25) is 0 Å². The van der Waals surface area contributed by atoms with Gasteiger partial charge < -0.3 is 15.3 Å².